The molecule has 0 spiro atoms. The van der Waals surface area contributed by atoms with Crippen LogP contribution in [0.15, 0.2) is 55.1 Å². The number of benzene rings is 2. The Kier molecular flexibility index (Phi) is 2.78. The number of aryl methyl sites for hydroxylation is 1. The van der Waals surface area contributed by atoms with Crippen LogP contribution in [0.3, 0.4) is 0 Å². The minimum atomic E-state index is 0.777. The van der Waals surface area contributed by atoms with Crippen molar-refractivity contribution in [1.82, 2.24) is 0 Å². The van der Waals surface area contributed by atoms with E-state index in [0.29, 0.717) is 0 Å². The fraction of sp³-hybridized carbons (Fsp3) is 0.0667. The van der Waals surface area contributed by atoms with Gasteiger partial charge in [-0.15, -0.1) is 0 Å². The summed E-state index contributed by atoms with van der Waals surface area (Å²) in [6, 6.07) is 16.1. The fourth-order valence-corrected chi connectivity index (χ4v) is 1.73. The summed E-state index contributed by atoms with van der Waals surface area (Å²) in [4.78, 5) is 0. The molecule has 1 nitrogen and oxygen atoms in total. The van der Waals surface area contributed by atoms with Gasteiger partial charge in [0.25, 0.3) is 0 Å². The predicted octanol–water partition coefficient (Wildman–Crippen LogP) is 3.64. The highest BCUT2D eigenvalue weighted by Crippen LogP contribution is 2.26. The van der Waals surface area contributed by atoms with Gasteiger partial charge in [-0.1, -0.05) is 48.5 Å². The van der Waals surface area contributed by atoms with E-state index in [1.165, 1.54) is 5.56 Å². The van der Waals surface area contributed by atoms with Crippen molar-refractivity contribution in [3.8, 4) is 0 Å². The molecule has 2 rings (SSSR count). The summed E-state index contributed by atoms with van der Waals surface area (Å²) in [5, 5.41) is 0. The van der Waals surface area contributed by atoms with Crippen molar-refractivity contribution < 1.29 is 0 Å². The smallest absolute Gasteiger partial charge is 0.0393 e. The van der Waals surface area contributed by atoms with E-state index < -0.39 is 0 Å². The Labute approximate surface area is 96.2 Å². The molecular weight excluding hydrogens is 194 g/mol. The molecule has 0 fully saturated rings. The van der Waals surface area contributed by atoms with Crippen molar-refractivity contribution in [2.75, 3.05) is 5.73 Å². The van der Waals surface area contributed by atoms with Gasteiger partial charge in [0.05, 0.1) is 0 Å². The SMILES string of the molecule is C=C(c1ccccc1)c1cc(C)ccc1N. The highest BCUT2D eigenvalue weighted by Gasteiger charge is 2.05. The van der Waals surface area contributed by atoms with Crippen LogP contribution in [-0.2, 0) is 0 Å². The van der Waals surface area contributed by atoms with Crippen LogP contribution < -0.4 is 5.73 Å². The van der Waals surface area contributed by atoms with Crippen LogP contribution in [0, 0.1) is 6.92 Å². The van der Waals surface area contributed by atoms with Crippen molar-refractivity contribution in [1.29, 1.82) is 0 Å². The second kappa shape index (κ2) is 4.23. The Balaban J connectivity index is 2.46. The molecule has 0 bridgehead atoms. The minimum absolute atomic E-state index is 0.777. The molecule has 0 amide bonds. The summed E-state index contributed by atoms with van der Waals surface area (Å²) < 4.78 is 0. The standard InChI is InChI=1S/C15H15N/c1-11-8-9-15(16)14(10-11)12(2)13-6-4-3-5-7-13/h3-10H,2,16H2,1H3. The minimum Gasteiger partial charge on any atom is -0.398 e. The molecule has 2 N–H and O–H groups in total. The van der Waals surface area contributed by atoms with Gasteiger partial charge in [0.2, 0.25) is 0 Å². The van der Waals surface area contributed by atoms with E-state index in [1.54, 1.807) is 0 Å². The monoisotopic (exact) mass is 209 g/mol. The van der Waals surface area contributed by atoms with Crippen LogP contribution in [0.1, 0.15) is 16.7 Å². The first-order chi connectivity index (χ1) is 7.68. The Morgan fingerprint density at radius 1 is 1.06 bits per heavy atom. The molecule has 0 saturated heterocycles. The molecule has 0 radical (unpaired) electrons. The summed E-state index contributed by atoms with van der Waals surface area (Å²) in [5.74, 6) is 0. The molecule has 0 unspecified atom stereocenters. The average molecular weight is 209 g/mol. The van der Waals surface area contributed by atoms with Crippen molar-refractivity contribution in [2.24, 2.45) is 0 Å². The Hall–Kier alpha value is -2.02. The molecule has 16 heavy (non-hydrogen) atoms. The maximum Gasteiger partial charge on any atom is 0.0393 e. The van der Waals surface area contributed by atoms with Gasteiger partial charge in [-0.2, -0.15) is 0 Å². The van der Waals surface area contributed by atoms with Crippen molar-refractivity contribution >= 4 is 11.3 Å². The quantitative estimate of drug-likeness (QED) is 0.751. The first-order valence-corrected chi connectivity index (χ1v) is 5.29. The van der Waals surface area contributed by atoms with Crippen molar-refractivity contribution in [3.63, 3.8) is 0 Å². The van der Waals surface area contributed by atoms with Gasteiger partial charge in [0.15, 0.2) is 0 Å². The molecule has 0 atom stereocenters. The van der Waals surface area contributed by atoms with Crippen LogP contribution in [0.5, 0.6) is 0 Å². The summed E-state index contributed by atoms with van der Waals surface area (Å²) in [6.07, 6.45) is 0. The lowest BCUT2D eigenvalue weighted by molar-refractivity contribution is 1.44. The van der Waals surface area contributed by atoms with Gasteiger partial charge in [0.1, 0.15) is 0 Å². The van der Waals surface area contributed by atoms with Gasteiger partial charge < -0.3 is 5.73 Å². The maximum absolute atomic E-state index is 5.97. The number of hydrogen-bond acceptors (Lipinski definition) is 1. The summed E-state index contributed by atoms with van der Waals surface area (Å²) in [5.41, 5.74) is 11.0. The van der Waals surface area contributed by atoms with Gasteiger partial charge in [-0.3, -0.25) is 0 Å². The first kappa shape index (κ1) is 10.5. The molecule has 2 aromatic rings. The lowest BCUT2D eigenvalue weighted by atomic mass is 9.97. The normalized spacial score (nSPS) is 10.1. The van der Waals surface area contributed by atoms with E-state index in [-0.39, 0.29) is 0 Å². The number of anilines is 1. The Bertz CT molecular complexity index is 512. The second-order valence-electron chi connectivity index (χ2n) is 3.94. The molecule has 1 heteroatoms. The third kappa shape index (κ3) is 1.98. The molecule has 0 aromatic heterocycles. The molecular formula is C15H15N. The Morgan fingerprint density at radius 2 is 1.75 bits per heavy atom. The summed E-state index contributed by atoms with van der Waals surface area (Å²) in [6.45, 7) is 6.17. The number of hydrogen-bond donors (Lipinski definition) is 1. The van der Waals surface area contributed by atoms with E-state index in [2.05, 4.69) is 19.6 Å². The fourth-order valence-electron chi connectivity index (χ4n) is 1.73. The first-order valence-electron chi connectivity index (χ1n) is 5.29. The topological polar surface area (TPSA) is 26.0 Å². The van der Waals surface area contributed by atoms with E-state index in [1.807, 2.05) is 42.5 Å². The largest absolute Gasteiger partial charge is 0.398 e. The van der Waals surface area contributed by atoms with Gasteiger partial charge in [-0.25, -0.2) is 0 Å². The van der Waals surface area contributed by atoms with Crippen LogP contribution in [0.2, 0.25) is 0 Å². The van der Waals surface area contributed by atoms with Crippen LogP contribution in [0.4, 0.5) is 5.69 Å². The van der Waals surface area contributed by atoms with Gasteiger partial charge in [0, 0.05) is 11.3 Å². The molecule has 0 aliphatic heterocycles. The van der Waals surface area contributed by atoms with Crippen molar-refractivity contribution in [3.05, 3.63) is 71.8 Å². The predicted molar refractivity (Wildman–Crippen MR) is 70.2 cm³/mol. The summed E-state index contributed by atoms with van der Waals surface area (Å²) >= 11 is 0. The maximum atomic E-state index is 5.97. The number of nitrogen functional groups attached to an aromatic ring is 1. The highest BCUT2D eigenvalue weighted by atomic mass is 14.6. The zero-order valence-electron chi connectivity index (χ0n) is 9.40. The Morgan fingerprint density at radius 3 is 2.44 bits per heavy atom. The van der Waals surface area contributed by atoms with E-state index in [9.17, 15) is 0 Å². The van der Waals surface area contributed by atoms with Crippen LogP contribution in [0.25, 0.3) is 5.57 Å². The van der Waals surface area contributed by atoms with E-state index in [4.69, 9.17) is 5.73 Å². The average Bonchev–Trinajstić information content (AvgIpc) is 2.32. The third-order valence-corrected chi connectivity index (χ3v) is 2.66. The van der Waals surface area contributed by atoms with Gasteiger partial charge in [-0.05, 0) is 30.2 Å². The summed E-state index contributed by atoms with van der Waals surface area (Å²) in [7, 11) is 0. The molecule has 0 aliphatic carbocycles. The second-order valence-corrected chi connectivity index (χ2v) is 3.94. The van der Waals surface area contributed by atoms with Crippen molar-refractivity contribution in [2.45, 2.75) is 6.92 Å². The lowest BCUT2D eigenvalue weighted by Gasteiger charge is -2.10. The highest BCUT2D eigenvalue weighted by molar-refractivity contribution is 5.84. The molecule has 0 saturated carbocycles. The third-order valence-electron chi connectivity index (χ3n) is 2.66. The zero-order chi connectivity index (χ0) is 11.5. The van der Waals surface area contributed by atoms with Crippen LogP contribution in [-0.4, -0.2) is 0 Å². The number of nitrogens with two attached hydrogens (primary N) is 1. The molecule has 2 aromatic carbocycles. The van der Waals surface area contributed by atoms with E-state index in [0.717, 1.165) is 22.4 Å². The zero-order valence-corrected chi connectivity index (χ0v) is 9.40. The molecule has 0 heterocycles. The van der Waals surface area contributed by atoms with E-state index >= 15 is 0 Å². The van der Waals surface area contributed by atoms with Crippen LogP contribution >= 0.6 is 0 Å². The van der Waals surface area contributed by atoms with Gasteiger partial charge >= 0.3 is 0 Å². The molecule has 80 valence electrons. The molecule has 0 aliphatic rings. The lowest BCUT2D eigenvalue weighted by Crippen LogP contribution is -1.95. The number of rotatable bonds is 2.